The highest BCUT2D eigenvalue weighted by Crippen LogP contribution is 2.28. The smallest absolute Gasteiger partial charge is 0.183 e. The van der Waals surface area contributed by atoms with Gasteiger partial charge in [-0.05, 0) is 49.9 Å². The molecule has 1 aromatic carbocycles. The summed E-state index contributed by atoms with van der Waals surface area (Å²) in [6.07, 6.45) is 3.60. The molecule has 0 unspecified atom stereocenters. The average molecular weight is 275 g/mol. The number of hydrogen-bond acceptors (Lipinski definition) is 4. The van der Waals surface area contributed by atoms with Crippen LogP contribution in [0.25, 0.3) is 10.2 Å². The van der Waals surface area contributed by atoms with Crippen LogP contribution in [-0.4, -0.2) is 24.6 Å². The number of nitrogens with zero attached hydrogens (tertiary/aromatic N) is 1. The maximum Gasteiger partial charge on any atom is 0.183 e. The van der Waals surface area contributed by atoms with Crippen molar-refractivity contribution in [2.45, 2.75) is 26.2 Å². The van der Waals surface area contributed by atoms with Gasteiger partial charge < -0.3 is 10.6 Å². The van der Waals surface area contributed by atoms with Crippen molar-refractivity contribution >= 4 is 26.7 Å². The Hall–Kier alpha value is -1.13. The number of aryl methyl sites for hydroxylation is 1. The van der Waals surface area contributed by atoms with Crippen LogP contribution in [0.1, 0.15) is 25.3 Å². The quantitative estimate of drug-likeness (QED) is 0.899. The predicted octanol–water partition coefficient (Wildman–Crippen LogP) is 3.27. The maximum atomic E-state index is 4.76. The van der Waals surface area contributed by atoms with Crippen LogP contribution in [-0.2, 0) is 6.42 Å². The van der Waals surface area contributed by atoms with Crippen molar-refractivity contribution in [1.82, 2.24) is 10.3 Å². The standard InChI is InChI=1S/C15H21N3S/c1-2-12-4-3-5-13-14(12)18-15(19-13)17-10-11-6-8-16-9-7-11/h3-5,11,16H,2,6-10H2,1H3,(H,17,18). The van der Waals surface area contributed by atoms with E-state index < -0.39 is 0 Å². The summed E-state index contributed by atoms with van der Waals surface area (Å²) < 4.78 is 1.30. The average Bonchev–Trinajstić information content (AvgIpc) is 2.89. The molecule has 1 aliphatic heterocycles. The first-order valence-corrected chi connectivity index (χ1v) is 8.01. The normalized spacial score (nSPS) is 16.9. The Kier molecular flexibility index (Phi) is 3.99. The van der Waals surface area contributed by atoms with Crippen molar-refractivity contribution in [2.75, 3.05) is 25.0 Å². The van der Waals surface area contributed by atoms with E-state index in [1.807, 2.05) is 0 Å². The summed E-state index contributed by atoms with van der Waals surface area (Å²) in [5.74, 6) is 0.791. The topological polar surface area (TPSA) is 37.0 Å². The van der Waals surface area contributed by atoms with Gasteiger partial charge in [0.1, 0.15) is 0 Å². The predicted molar refractivity (Wildman–Crippen MR) is 83.1 cm³/mol. The number of anilines is 1. The van der Waals surface area contributed by atoms with Gasteiger partial charge in [0, 0.05) is 6.54 Å². The Morgan fingerprint density at radius 3 is 3.00 bits per heavy atom. The second kappa shape index (κ2) is 5.88. The highest BCUT2D eigenvalue weighted by atomic mass is 32.1. The van der Waals surface area contributed by atoms with E-state index in [4.69, 9.17) is 4.98 Å². The molecular weight excluding hydrogens is 254 g/mol. The number of piperidine rings is 1. The van der Waals surface area contributed by atoms with E-state index in [9.17, 15) is 0 Å². The number of rotatable bonds is 4. The summed E-state index contributed by atoms with van der Waals surface area (Å²) in [7, 11) is 0. The summed E-state index contributed by atoms with van der Waals surface area (Å²) in [6.45, 7) is 5.57. The van der Waals surface area contributed by atoms with E-state index in [0.29, 0.717) is 0 Å². The fraction of sp³-hybridized carbons (Fsp3) is 0.533. The molecule has 1 aliphatic rings. The van der Waals surface area contributed by atoms with Crippen LogP contribution < -0.4 is 10.6 Å². The van der Waals surface area contributed by atoms with Crippen LogP contribution >= 0.6 is 11.3 Å². The van der Waals surface area contributed by atoms with Crippen LogP contribution in [0.4, 0.5) is 5.13 Å². The summed E-state index contributed by atoms with van der Waals surface area (Å²) >= 11 is 1.78. The molecule has 2 N–H and O–H groups in total. The SMILES string of the molecule is CCc1cccc2sc(NCC3CCNCC3)nc12. The van der Waals surface area contributed by atoms with E-state index in [1.54, 1.807) is 11.3 Å². The van der Waals surface area contributed by atoms with Crippen LogP contribution in [0.3, 0.4) is 0 Å². The third-order valence-electron chi connectivity index (χ3n) is 3.88. The Balaban J connectivity index is 1.70. The second-order valence-electron chi connectivity index (χ2n) is 5.21. The number of thiazole rings is 1. The molecule has 0 amide bonds. The molecule has 2 aromatic rings. The van der Waals surface area contributed by atoms with Gasteiger partial charge in [0.05, 0.1) is 10.2 Å². The lowest BCUT2D eigenvalue weighted by Gasteiger charge is -2.22. The minimum Gasteiger partial charge on any atom is -0.361 e. The van der Waals surface area contributed by atoms with Crippen molar-refractivity contribution in [3.05, 3.63) is 23.8 Å². The molecule has 0 bridgehead atoms. The Bertz CT molecular complexity index is 543. The van der Waals surface area contributed by atoms with E-state index >= 15 is 0 Å². The number of para-hydroxylation sites is 1. The highest BCUT2D eigenvalue weighted by Gasteiger charge is 2.13. The fourth-order valence-corrected chi connectivity index (χ4v) is 3.60. The van der Waals surface area contributed by atoms with E-state index in [2.05, 4.69) is 35.8 Å². The molecule has 19 heavy (non-hydrogen) atoms. The zero-order valence-corrected chi connectivity index (χ0v) is 12.2. The van der Waals surface area contributed by atoms with Crippen molar-refractivity contribution in [3.8, 4) is 0 Å². The Labute approximate surface area is 118 Å². The first-order chi connectivity index (χ1) is 9.36. The minimum absolute atomic E-state index is 0.791. The maximum absolute atomic E-state index is 4.76. The third-order valence-corrected chi connectivity index (χ3v) is 4.86. The summed E-state index contributed by atoms with van der Waals surface area (Å²) in [5.41, 5.74) is 2.53. The fourth-order valence-electron chi connectivity index (χ4n) is 2.68. The zero-order valence-electron chi connectivity index (χ0n) is 11.4. The lowest BCUT2D eigenvalue weighted by Crippen LogP contribution is -2.31. The van der Waals surface area contributed by atoms with Gasteiger partial charge in [-0.2, -0.15) is 0 Å². The molecule has 1 aromatic heterocycles. The Morgan fingerprint density at radius 1 is 1.37 bits per heavy atom. The van der Waals surface area contributed by atoms with Crippen molar-refractivity contribution in [3.63, 3.8) is 0 Å². The van der Waals surface area contributed by atoms with Crippen LogP contribution in [0.15, 0.2) is 18.2 Å². The van der Waals surface area contributed by atoms with Gasteiger partial charge in [-0.3, -0.25) is 0 Å². The zero-order chi connectivity index (χ0) is 13.1. The lowest BCUT2D eigenvalue weighted by atomic mass is 9.98. The number of hydrogen-bond donors (Lipinski definition) is 2. The molecule has 0 radical (unpaired) electrons. The molecule has 2 heterocycles. The lowest BCUT2D eigenvalue weighted by molar-refractivity contribution is 0.390. The number of aromatic nitrogens is 1. The van der Waals surface area contributed by atoms with Crippen molar-refractivity contribution in [1.29, 1.82) is 0 Å². The molecule has 3 rings (SSSR count). The second-order valence-corrected chi connectivity index (χ2v) is 6.24. The van der Waals surface area contributed by atoms with Gasteiger partial charge in [0.15, 0.2) is 5.13 Å². The molecule has 0 aliphatic carbocycles. The molecule has 0 saturated carbocycles. The van der Waals surface area contributed by atoms with Gasteiger partial charge in [-0.1, -0.05) is 30.4 Å². The van der Waals surface area contributed by atoms with Gasteiger partial charge in [-0.15, -0.1) is 0 Å². The van der Waals surface area contributed by atoms with E-state index in [-0.39, 0.29) is 0 Å². The molecule has 0 spiro atoms. The summed E-state index contributed by atoms with van der Waals surface area (Å²) in [6, 6.07) is 6.48. The molecule has 3 nitrogen and oxygen atoms in total. The Morgan fingerprint density at radius 2 is 2.21 bits per heavy atom. The minimum atomic E-state index is 0.791. The van der Waals surface area contributed by atoms with Crippen LogP contribution in [0.5, 0.6) is 0 Å². The number of nitrogens with one attached hydrogen (secondary N) is 2. The number of fused-ring (bicyclic) bond motifs is 1. The van der Waals surface area contributed by atoms with Crippen molar-refractivity contribution in [2.24, 2.45) is 5.92 Å². The van der Waals surface area contributed by atoms with Gasteiger partial charge in [0.25, 0.3) is 0 Å². The van der Waals surface area contributed by atoms with Gasteiger partial charge >= 0.3 is 0 Å². The summed E-state index contributed by atoms with van der Waals surface area (Å²) in [4.78, 5) is 4.76. The van der Waals surface area contributed by atoms with Gasteiger partial charge in [0.2, 0.25) is 0 Å². The first-order valence-electron chi connectivity index (χ1n) is 7.20. The molecular formula is C15H21N3S. The molecule has 1 fully saturated rings. The molecule has 1 saturated heterocycles. The molecule has 4 heteroatoms. The monoisotopic (exact) mass is 275 g/mol. The molecule has 102 valence electrons. The largest absolute Gasteiger partial charge is 0.361 e. The third kappa shape index (κ3) is 2.90. The van der Waals surface area contributed by atoms with Crippen LogP contribution in [0, 0.1) is 5.92 Å². The van der Waals surface area contributed by atoms with Crippen LogP contribution in [0.2, 0.25) is 0 Å². The molecule has 0 atom stereocenters. The summed E-state index contributed by atoms with van der Waals surface area (Å²) in [5, 5.41) is 8.02. The van der Waals surface area contributed by atoms with Crippen molar-refractivity contribution < 1.29 is 0 Å². The van der Waals surface area contributed by atoms with Gasteiger partial charge in [-0.25, -0.2) is 4.98 Å². The van der Waals surface area contributed by atoms with E-state index in [0.717, 1.165) is 37.1 Å². The number of benzene rings is 1. The first kappa shape index (κ1) is 12.9. The highest BCUT2D eigenvalue weighted by molar-refractivity contribution is 7.22. The van der Waals surface area contributed by atoms with E-state index in [1.165, 1.54) is 28.6 Å².